The first-order chi connectivity index (χ1) is 15.8. The Morgan fingerprint density at radius 3 is 2.38 bits per heavy atom. The smallest absolute Gasteiger partial charge is 0.320 e. The monoisotopic (exact) mass is 423 g/mol. The van der Waals surface area contributed by atoms with E-state index in [0.717, 1.165) is 48.9 Å². The number of likely N-dealkylation sites (tertiary alicyclic amines) is 1. The molecule has 32 heavy (non-hydrogen) atoms. The lowest BCUT2D eigenvalue weighted by Crippen LogP contribution is -2.46. The van der Waals surface area contributed by atoms with Gasteiger partial charge in [0.25, 0.3) is 0 Å². The van der Waals surface area contributed by atoms with Crippen LogP contribution in [0, 0.1) is 0 Å². The molecule has 1 aliphatic rings. The molecular formula is C26H25N5O. The molecule has 1 aliphatic heterocycles. The summed E-state index contributed by atoms with van der Waals surface area (Å²) in [6.07, 6.45) is 9.35. The Bertz CT molecular complexity index is 1170. The van der Waals surface area contributed by atoms with Crippen molar-refractivity contribution in [3.63, 3.8) is 0 Å². The number of hydrogen-bond acceptors (Lipinski definition) is 4. The summed E-state index contributed by atoms with van der Waals surface area (Å²) in [5, 5.41) is 8.43. The van der Waals surface area contributed by atoms with Gasteiger partial charge < -0.3 is 4.90 Å². The predicted molar refractivity (Wildman–Crippen MR) is 124 cm³/mol. The first kappa shape index (κ1) is 20.1. The molecule has 6 heteroatoms. The Hall–Kier alpha value is -3.80. The molecule has 6 nitrogen and oxygen atoms in total. The van der Waals surface area contributed by atoms with E-state index in [1.807, 2.05) is 59.5 Å². The van der Waals surface area contributed by atoms with Crippen molar-refractivity contribution in [3.05, 3.63) is 90.9 Å². The van der Waals surface area contributed by atoms with Crippen LogP contribution in [0.3, 0.4) is 0 Å². The second-order valence-electron chi connectivity index (χ2n) is 8.18. The number of carbonyl (C=O) groups is 1. The predicted octanol–water partition coefficient (Wildman–Crippen LogP) is 5.07. The van der Waals surface area contributed by atoms with E-state index in [1.165, 1.54) is 10.2 Å². The fourth-order valence-corrected chi connectivity index (χ4v) is 4.35. The Morgan fingerprint density at radius 2 is 1.59 bits per heavy atom. The number of pyridine rings is 1. The second kappa shape index (κ2) is 9.14. The molecule has 160 valence electrons. The van der Waals surface area contributed by atoms with Crippen LogP contribution in [0.15, 0.2) is 85.3 Å². The molecule has 0 N–H and O–H groups in total. The van der Waals surface area contributed by atoms with Crippen molar-refractivity contribution >= 4 is 6.03 Å². The summed E-state index contributed by atoms with van der Waals surface area (Å²) in [5.41, 5.74) is 5.10. The standard InChI is InChI=1S/C26H25N5O/c32-26(30-17-5-4-8-24(30)18-20-6-2-1-3-7-20)31-19-25(28-29-31)23-11-9-21(10-12-23)22-13-15-27-16-14-22/h1-3,6-7,9-16,19,24H,4-5,8,17-18H2. The van der Waals surface area contributed by atoms with Crippen LogP contribution in [0.5, 0.6) is 0 Å². The Labute approximate surface area is 187 Å². The molecule has 1 fully saturated rings. The highest BCUT2D eigenvalue weighted by molar-refractivity contribution is 5.77. The Morgan fingerprint density at radius 1 is 0.875 bits per heavy atom. The Balaban J connectivity index is 1.32. The first-order valence-corrected chi connectivity index (χ1v) is 11.1. The number of carbonyl (C=O) groups excluding carboxylic acids is 1. The topological polar surface area (TPSA) is 63.9 Å². The van der Waals surface area contributed by atoms with Crippen LogP contribution >= 0.6 is 0 Å². The highest BCUT2D eigenvalue weighted by atomic mass is 16.2. The highest BCUT2D eigenvalue weighted by Gasteiger charge is 2.28. The van der Waals surface area contributed by atoms with Gasteiger partial charge >= 0.3 is 6.03 Å². The summed E-state index contributed by atoms with van der Waals surface area (Å²) in [4.78, 5) is 19.3. The molecule has 0 spiro atoms. The van der Waals surface area contributed by atoms with Crippen LogP contribution < -0.4 is 0 Å². The maximum atomic E-state index is 13.3. The number of rotatable bonds is 4. The maximum absolute atomic E-state index is 13.3. The van der Waals surface area contributed by atoms with E-state index in [0.29, 0.717) is 5.69 Å². The molecule has 2 aromatic heterocycles. The van der Waals surface area contributed by atoms with Crippen molar-refractivity contribution < 1.29 is 4.79 Å². The number of hydrogen-bond donors (Lipinski definition) is 0. The lowest BCUT2D eigenvalue weighted by molar-refractivity contribution is 0.149. The highest BCUT2D eigenvalue weighted by Crippen LogP contribution is 2.25. The molecule has 3 heterocycles. The molecule has 1 atom stereocenters. The average Bonchev–Trinajstić information content (AvgIpc) is 3.36. The third kappa shape index (κ3) is 4.30. The van der Waals surface area contributed by atoms with Gasteiger partial charge in [-0.05, 0) is 54.5 Å². The summed E-state index contributed by atoms with van der Waals surface area (Å²) >= 11 is 0. The molecule has 0 saturated carbocycles. The quantitative estimate of drug-likeness (QED) is 0.460. The van der Waals surface area contributed by atoms with Crippen LogP contribution in [0.2, 0.25) is 0 Å². The third-order valence-corrected chi connectivity index (χ3v) is 6.07. The first-order valence-electron chi connectivity index (χ1n) is 11.1. The zero-order chi connectivity index (χ0) is 21.8. The maximum Gasteiger partial charge on any atom is 0.346 e. The van der Waals surface area contributed by atoms with E-state index in [4.69, 9.17) is 0 Å². The second-order valence-corrected chi connectivity index (χ2v) is 8.18. The molecule has 0 aliphatic carbocycles. The lowest BCUT2D eigenvalue weighted by atomic mass is 9.96. The fraction of sp³-hybridized carbons (Fsp3) is 0.231. The molecule has 1 amide bonds. The van der Waals surface area contributed by atoms with Crippen molar-refractivity contribution in [2.45, 2.75) is 31.7 Å². The van der Waals surface area contributed by atoms with Crippen LogP contribution in [-0.2, 0) is 6.42 Å². The summed E-state index contributed by atoms with van der Waals surface area (Å²) in [6.45, 7) is 0.756. The van der Waals surface area contributed by atoms with Gasteiger partial charge in [-0.3, -0.25) is 4.98 Å². The number of aromatic nitrogens is 4. The van der Waals surface area contributed by atoms with E-state index < -0.39 is 0 Å². The summed E-state index contributed by atoms with van der Waals surface area (Å²) < 4.78 is 1.38. The normalized spacial score (nSPS) is 16.1. The molecule has 4 aromatic rings. The van der Waals surface area contributed by atoms with Gasteiger partial charge in [0.1, 0.15) is 5.69 Å². The van der Waals surface area contributed by atoms with Crippen LogP contribution in [0.1, 0.15) is 24.8 Å². The van der Waals surface area contributed by atoms with Crippen LogP contribution in [0.25, 0.3) is 22.4 Å². The van der Waals surface area contributed by atoms with Crippen molar-refractivity contribution in [1.29, 1.82) is 0 Å². The number of piperidine rings is 1. The molecule has 5 rings (SSSR count). The lowest BCUT2D eigenvalue weighted by Gasteiger charge is -2.35. The largest absolute Gasteiger partial charge is 0.346 e. The molecule has 1 unspecified atom stereocenters. The molecule has 0 radical (unpaired) electrons. The fourth-order valence-electron chi connectivity index (χ4n) is 4.35. The van der Waals surface area contributed by atoms with Crippen LogP contribution in [0.4, 0.5) is 4.79 Å². The average molecular weight is 424 g/mol. The van der Waals surface area contributed by atoms with E-state index >= 15 is 0 Å². The number of nitrogens with zero attached hydrogens (tertiary/aromatic N) is 5. The van der Waals surface area contributed by atoms with E-state index in [9.17, 15) is 4.79 Å². The van der Waals surface area contributed by atoms with Gasteiger partial charge in [-0.15, -0.1) is 5.10 Å². The Kier molecular flexibility index (Phi) is 5.75. The van der Waals surface area contributed by atoms with Crippen LogP contribution in [-0.4, -0.2) is 43.5 Å². The van der Waals surface area contributed by atoms with Gasteiger partial charge in [0.15, 0.2) is 0 Å². The van der Waals surface area contributed by atoms with E-state index in [1.54, 1.807) is 18.6 Å². The number of amides is 1. The minimum Gasteiger partial charge on any atom is -0.320 e. The zero-order valence-corrected chi connectivity index (χ0v) is 17.8. The van der Waals surface area contributed by atoms with Gasteiger partial charge in [0, 0.05) is 30.5 Å². The van der Waals surface area contributed by atoms with E-state index in [-0.39, 0.29) is 12.1 Å². The summed E-state index contributed by atoms with van der Waals surface area (Å²) in [7, 11) is 0. The number of benzene rings is 2. The van der Waals surface area contributed by atoms with Crippen molar-refractivity contribution in [1.82, 2.24) is 24.9 Å². The van der Waals surface area contributed by atoms with Crippen molar-refractivity contribution in [2.75, 3.05) is 6.54 Å². The third-order valence-electron chi connectivity index (χ3n) is 6.07. The van der Waals surface area contributed by atoms with Gasteiger partial charge in [0.2, 0.25) is 0 Å². The minimum absolute atomic E-state index is 0.0993. The van der Waals surface area contributed by atoms with Gasteiger partial charge in [-0.1, -0.05) is 59.8 Å². The van der Waals surface area contributed by atoms with Gasteiger partial charge in [-0.25, -0.2) is 4.79 Å². The molecule has 1 saturated heterocycles. The summed E-state index contributed by atoms with van der Waals surface area (Å²) in [5.74, 6) is 0. The van der Waals surface area contributed by atoms with Crippen molar-refractivity contribution in [3.8, 4) is 22.4 Å². The van der Waals surface area contributed by atoms with E-state index in [2.05, 4.69) is 27.4 Å². The molecule has 2 aromatic carbocycles. The van der Waals surface area contributed by atoms with Gasteiger partial charge in [-0.2, -0.15) is 4.68 Å². The van der Waals surface area contributed by atoms with Crippen molar-refractivity contribution in [2.24, 2.45) is 0 Å². The zero-order valence-electron chi connectivity index (χ0n) is 17.8. The summed E-state index contributed by atoms with van der Waals surface area (Å²) in [6, 6.07) is 22.5. The SMILES string of the molecule is O=C(N1CCCCC1Cc1ccccc1)n1cc(-c2ccc(-c3ccncc3)cc2)nn1. The van der Waals surface area contributed by atoms with Gasteiger partial charge in [0.05, 0.1) is 6.20 Å². The molecular weight excluding hydrogens is 398 g/mol. The molecule has 0 bridgehead atoms. The minimum atomic E-state index is -0.0993.